The Kier molecular flexibility index (Phi) is 3.19. The summed E-state index contributed by atoms with van der Waals surface area (Å²) in [5, 5.41) is 9.46. The van der Waals surface area contributed by atoms with E-state index in [2.05, 4.69) is 0 Å². The standard InChI is InChI=1S/C18H14O5/c19-13-2-3-14-16(9-13)23-10-12(18(14)20)7-11-1-4-15-17(8-11)22-6-5-21-15/h1-4,7-9,19H,5-6,10H2. The number of rotatable bonds is 1. The van der Waals surface area contributed by atoms with Crippen molar-refractivity contribution in [1.82, 2.24) is 0 Å². The number of aromatic hydroxyl groups is 1. The van der Waals surface area contributed by atoms with E-state index in [9.17, 15) is 9.90 Å². The zero-order chi connectivity index (χ0) is 15.8. The van der Waals surface area contributed by atoms with Gasteiger partial charge in [-0.05, 0) is 35.9 Å². The maximum atomic E-state index is 12.5. The zero-order valence-corrected chi connectivity index (χ0v) is 12.2. The van der Waals surface area contributed by atoms with Crippen LogP contribution in [0.4, 0.5) is 0 Å². The molecule has 0 radical (unpaired) electrons. The molecule has 0 aliphatic carbocycles. The van der Waals surface area contributed by atoms with E-state index in [0.29, 0.717) is 41.6 Å². The summed E-state index contributed by atoms with van der Waals surface area (Å²) in [6, 6.07) is 10.1. The van der Waals surface area contributed by atoms with Gasteiger partial charge in [-0.2, -0.15) is 0 Å². The van der Waals surface area contributed by atoms with Crippen molar-refractivity contribution in [3.63, 3.8) is 0 Å². The third kappa shape index (κ3) is 2.50. The van der Waals surface area contributed by atoms with Crippen LogP contribution in [-0.4, -0.2) is 30.7 Å². The summed E-state index contributed by atoms with van der Waals surface area (Å²) in [5.74, 6) is 1.79. The first-order valence-corrected chi connectivity index (χ1v) is 7.31. The fourth-order valence-electron chi connectivity index (χ4n) is 2.67. The van der Waals surface area contributed by atoms with E-state index >= 15 is 0 Å². The minimum Gasteiger partial charge on any atom is -0.508 e. The third-order valence-electron chi connectivity index (χ3n) is 3.79. The number of phenolic OH excluding ortho intramolecular Hbond substituents is 1. The number of carbonyl (C=O) groups is 1. The molecule has 0 saturated carbocycles. The van der Waals surface area contributed by atoms with E-state index in [1.165, 1.54) is 12.1 Å². The monoisotopic (exact) mass is 310 g/mol. The molecule has 116 valence electrons. The number of carbonyl (C=O) groups excluding carboxylic acids is 1. The second-order valence-corrected chi connectivity index (χ2v) is 5.37. The van der Waals surface area contributed by atoms with Gasteiger partial charge in [-0.15, -0.1) is 0 Å². The second-order valence-electron chi connectivity index (χ2n) is 5.37. The molecule has 2 aliphatic rings. The molecule has 5 heteroatoms. The number of Topliss-reactive ketones (excluding diaryl/α,β-unsaturated/α-hetero) is 1. The van der Waals surface area contributed by atoms with Gasteiger partial charge in [0, 0.05) is 11.6 Å². The van der Waals surface area contributed by atoms with Gasteiger partial charge in [0.15, 0.2) is 17.3 Å². The van der Waals surface area contributed by atoms with Crippen LogP contribution >= 0.6 is 0 Å². The van der Waals surface area contributed by atoms with Crippen LogP contribution in [-0.2, 0) is 0 Å². The molecular weight excluding hydrogens is 296 g/mol. The predicted molar refractivity (Wildman–Crippen MR) is 83.3 cm³/mol. The normalized spacial score (nSPS) is 17.6. The largest absolute Gasteiger partial charge is 0.508 e. The molecule has 0 amide bonds. The Morgan fingerprint density at radius 3 is 2.61 bits per heavy atom. The first-order chi connectivity index (χ1) is 11.2. The van der Waals surface area contributed by atoms with E-state index in [4.69, 9.17) is 14.2 Å². The third-order valence-corrected chi connectivity index (χ3v) is 3.79. The Morgan fingerprint density at radius 2 is 1.74 bits per heavy atom. The lowest BCUT2D eigenvalue weighted by Crippen LogP contribution is -2.19. The van der Waals surface area contributed by atoms with Gasteiger partial charge in [0.2, 0.25) is 0 Å². The molecule has 0 atom stereocenters. The average Bonchev–Trinajstić information content (AvgIpc) is 2.57. The lowest BCUT2D eigenvalue weighted by atomic mass is 9.98. The number of benzene rings is 2. The Hall–Kier alpha value is -2.95. The van der Waals surface area contributed by atoms with Crippen LogP contribution < -0.4 is 14.2 Å². The number of hydrogen-bond acceptors (Lipinski definition) is 5. The number of ether oxygens (including phenoxy) is 3. The van der Waals surface area contributed by atoms with Gasteiger partial charge >= 0.3 is 0 Å². The van der Waals surface area contributed by atoms with Crippen molar-refractivity contribution in [2.24, 2.45) is 0 Å². The molecule has 2 aromatic carbocycles. The zero-order valence-electron chi connectivity index (χ0n) is 12.2. The number of fused-ring (bicyclic) bond motifs is 2. The van der Waals surface area contributed by atoms with Crippen molar-refractivity contribution in [3.8, 4) is 23.0 Å². The highest BCUT2D eigenvalue weighted by molar-refractivity contribution is 6.14. The van der Waals surface area contributed by atoms with Crippen molar-refractivity contribution >= 4 is 11.9 Å². The molecule has 2 heterocycles. The molecule has 1 N–H and O–H groups in total. The number of phenols is 1. The van der Waals surface area contributed by atoms with Crippen LogP contribution in [0.1, 0.15) is 15.9 Å². The van der Waals surface area contributed by atoms with Gasteiger partial charge in [0.25, 0.3) is 0 Å². The van der Waals surface area contributed by atoms with Crippen LogP contribution in [0.3, 0.4) is 0 Å². The SMILES string of the molecule is O=C1C(=Cc2ccc3c(c2)OCCO3)COc2cc(O)ccc21. The molecule has 5 nitrogen and oxygen atoms in total. The van der Waals surface area contributed by atoms with Crippen LogP contribution in [0.2, 0.25) is 0 Å². The first kappa shape index (κ1) is 13.7. The Labute approximate surface area is 132 Å². The van der Waals surface area contributed by atoms with Crippen molar-refractivity contribution in [3.05, 3.63) is 53.1 Å². The highest BCUT2D eigenvalue weighted by atomic mass is 16.6. The molecule has 0 unspecified atom stereocenters. The summed E-state index contributed by atoms with van der Waals surface area (Å²) in [6.07, 6.45) is 1.79. The van der Waals surface area contributed by atoms with Gasteiger partial charge < -0.3 is 19.3 Å². The summed E-state index contributed by atoms with van der Waals surface area (Å²) in [4.78, 5) is 12.5. The van der Waals surface area contributed by atoms with Crippen molar-refractivity contribution < 1.29 is 24.1 Å². The van der Waals surface area contributed by atoms with Crippen LogP contribution in [0, 0.1) is 0 Å². The van der Waals surface area contributed by atoms with Crippen molar-refractivity contribution in [1.29, 1.82) is 0 Å². The van der Waals surface area contributed by atoms with Crippen LogP contribution in [0.5, 0.6) is 23.0 Å². The number of ketones is 1. The molecule has 0 fully saturated rings. The number of hydrogen-bond donors (Lipinski definition) is 1. The average molecular weight is 310 g/mol. The lowest BCUT2D eigenvalue weighted by Gasteiger charge is -2.20. The smallest absolute Gasteiger partial charge is 0.196 e. The van der Waals surface area contributed by atoms with E-state index in [1.807, 2.05) is 18.2 Å². The maximum Gasteiger partial charge on any atom is 0.196 e. The van der Waals surface area contributed by atoms with Gasteiger partial charge in [0.1, 0.15) is 31.3 Å². The second kappa shape index (κ2) is 5.35. The van der Waals surface area contributed by atoms with Gasteiger partial charge in [-0.25, -0.2) is 0 Å². The van der Waals surface area contributed by atoms with Crippen molar-refractivity contribution in [2.45, 2.75) is 0 Å². The molecule has 0 spiro atoms. The van der Waals surface area contributed by atoms with Gasteiger partial charge in [-0.1, -0.05) is 6.07 Å². The van der Waals surface area contributed by atoms with E-state index in [-0.39, 0.29) is 18.1 Å². The van der Waals surface area contributed by atoms with Gasteiger partial charge in [0.05, 0.1) is 5.56 Å². The predicted octanol–water partition coefficient (Wildman–Crippen LogP) is 2.82. The van der Waals surface area contributed by atoms with E-state index < -0.39 is 0 Å². The Morgan fingerprint density at radius 1 is 0.913 bits per heavy atom. The van der Waals surface area contributed by atoms with Crippen LogP contribution in [0.25, 0.3) is 6.08 Å². The minimum absolute atomic E-state index is 0.0795. The minimum atomic E-state index is -0.0962. The lowest BCUT2D eigenvalue weighted by molar-refractivity contribution is 0.100. The summed E-state index contributed by atoms with van der Waals surface area (Å²) >= 11 is 0. The summed E-state index contributed by atoms with van der Waals surface area (Å²) in [5.41, 5.74) is 1.86. The van der Waals surface area contributed by atoms with E-state index in [0.717, 1.165) is 5.56 Å². The highest BCUT2D eigenvalue weighted by Gasteiger charge is 2.23. The quantitative estimate of drug-likeness (QED) is 0.821. The molecular formula is C18H14O5. The molecule has 0 saturated heterocycles. The summed E-state index contributed by atoms with van der Waals surface area (Å²) in [6.45, 7) is 1.24. The molecule has 0 aromatic heterocycles. The molecule has 2 aliphatic heterocycles. The van der Waals surface area contributed by atoms with Gasteiger partial charge in [-0.3, -0.25) is 4.79 Å². The molecule has 4 rings (SSSR count). The molecule has 23 heavy (non-hydrogen) atoms. The fraction of sp³-hybridized carbons (Fsp3) is 0.167. The maximum absolute atomic E-state index is 12.5. The molecule has 2 aromatic rings. The summed E-state index contributed by atoms with van der Waals surface area (Å²) in [7, 11) is 0. The van der Waals surface area contributed by atoms with Crippen molar-refractivity contribution in [2.75, 3.05) is 19.8 Å². The molecule has 0 bridgehead atoms. The summed E-state index contributed by atoms with van der Waals surface area (Å²) < 4.78 is 16.6. The van der Waals surface area contributed by atoms with Crippen LogP contribution in [0.15, 0.2) is 42.0 Å². The fourth-order valence-corrected chi connectivity index (χ4v) is 2.67. The Balaban J connectivity index is 1.67. The topological polar surface area (TPSA) is 65.0 Å². The Bertz CT molecular complexity index is 822. The first-order valence-electron chi connectivity index (χ1n) is 7.31. The van der Waals surface area contributed by atoms with E-state index in [1.54, 1.807) is 12.1 Å². The highest BCUT2D eigenvalue weighted by Crippen LogP contribution is 2.33.